The molecule has 0 radical (unpaired) electrons. The summed E-state index contributed by atoms with van der Waals surface area (Å²) >= 11 is 0. The summed E-state index contributed by atoms with van der Waals surface area (Å²) in [6.07, 6.45) is 0. The van der Waals surface area contributed by atoms with E-state index >= 15 is 0 Å². The molecule has 2 aromatic carbocycles. The molecule has 3 rings (SSSR count). The molecule has 0 spiro atoms. The maximum atomic E-state index is 11.8. The fourth-order valence-corrected chi connectivity index (χ4v) is 2.53. The van der Waals surface area contributed by atoms with Gasteiger partial charge in [0.25, 0.3) is 5.91 Å². The molecule has 0 aliphatic heterocycles. The van der Waals surface area contributed by atoms with Gasteiger partial charge in [-0.2, -0.15) is 0 Å². The van der Waals surface area contributed by atoms with Crippen LogP contribution in [0.15, 0.2) is 45.0 Å². The number of phenolic OH excluding ortho intramolecular Hbond substituents is 1. The largest absolute Gasteiger partial charge is 0.505 e. The number of furan rings is 1. The summed E-state index contributed by atoms with van der Waals surface area (Å²) in [6, 6.07) is 9.32. The third-order valence-corrected chi connectivity index (χ3v) is 3.97. The molecular weight excluding hydrogens is 304 g/mol. The number of nitrogens with zero attached hydrogens (tertiary/aromatic N) is 2. The van der Waals surface area contributed by atoms with Gasteiger partial charge >= 0.3 is 0 Å². The molecule has 124 valence electrons. The first-order valence-corrected chi connectivity index (χ1v) is 8.02. The van der Waals surface area contributed by atoms with E-state index in [1.807, 2.05) is 44.2 Å². The van der Waals surface area contributed by atoms with E-state index in [4.69, 9.17) is 4.42 Å². The predicted molar refractivity (Wildman–Crippen MR) is 93.8 cm³/mol. The van der Waals surface area contributed by atoms with Gasteiger partial charge in [0, 0.05) is 22.6 Å². The molecule has 0 atom stereocenters. The maximum Gasteiger partial charge on any atom is 0.267 e. The van der Waals surface area contributed by atoms with Crippen molar-refractivity contribution in [2.24, 2.45) is 16.1 Å². The van der Waals surface area contributed by atoms with Crippen LogP contribution in [0.25, 0.3) is 21.7 Å². The van der Waals surface area contributed by atoms with Gasteiger partial charge in [0.15, 0.2) is 5.75 Å². The maximum absolute atomic E-state index is 11.8. The van der Waals surface area contributed by atoms with Crippen LogP contribution in [0.5, 0.6) is 5.75 Å². The number of rotatable bonds is 3. The minimum atomic E-state index is -0.325. The van der Waals surface area contributed by atoms with Crippen LogP contribution in [0.1, 0.15) is 39.4 Å². The van der Waals surface area contributed by atoms with Crippen molar-refractivity contribution in [1.29, 1.82) is 0 Å². The van der Waals surface area contributed by atoms with Crippen LogP contribution in [0, 0.1) is 5.92 Å². The van der Waals surface area contributed by atoms with Crippen LogP contribution in [0.3, 0.4) is 0 Å². The number of benzene rings is 2. The van der Waals surface area contributed by atoms with Crippen molar-refractivity contribution in [2.45, 2.75) is 33.6 Å². The minimum absolute atomic E-state index is 0.0142. The van der Waals surface area contributed by atoms with E-state index in [0.29, 0.717) is 22.0 Å². The highest BCUT2D eigenvalue weighted by Gasteiger charge is 2.19. The molecule has 0 aliphatic carbocycles. The molecule has 0 bridgehead atoms. The summed E-state index contributed by atoms with van der Waals surface area (Å²) in [7, 11) is 0. The lowest BCUT2D eigenvalue weighted by Gasteiger charge is -2.06. The first-order valence-electron chi connectivity index (χ1n) is 8.02. The van der Waals surface area contributed by atoms with E-state index in [1.165, 1.54) is 0 Å². The van der Waals surface area contributed by atoms with E-state index in [9.17, 15) is 9.90 Å². The van der Waals surface area contributed by atoms with Gasteiger partial charge in [0.2, 0.25) is 0 Å². The van der Waals surface area contributed by atoms with Crippen molar-refractivity contribution in [2.75, 3.05) is 0 Å². The van der Waals surface area contributed by atoms with E-state index < -0.39 is 0 Å². The van der Waals surface area contributed by atoms with Gasteiger partial charge in [0.05, 0.1) is 5.39 Å². The van der Waals surface area contributed by atoms with Crippen LogP contribution in [-0.4, -0.2) is 11.0 Å². The summed E-state index contributed by atoms with van der Waals surface area (Å²) in [4.78, 5) is 11.8. The Hall–Kier alpha value is -2.69. The summed E-state index contributed by atoms with van der Waals surface area (Å²) in [5.74, 6) is 0.404. The Morgan fingerprint density at radius 3 is 2.38 bits per heavy atom. The van der Waals surface area contributed by atoms with Crippen molar-refractivity contribution in [3.8, 4) is 5.75 Å². The number of hydrogen-bond donors (Lipinski definition) is 1. The summed E-state index contributed by atoms with van der Waals surface area (Å²) in [5.41, 5.74) is 0.921. The number of hydrogen-bond acceptors (Lipinski definition) is 4. The Balaban J connectivity index is 2.31. The van der Waals surface area contributed by atoms with Crippen LogP contribution in [0.2, 0.25) is 0 Å². The molecule has 1 N–H and O–H groups in total. The second kappa shape index (κ2) is 6.07. The molecule has 5 heteroatoms. The quantitative estimate of drug-likeness (QED) is 0.630. The number of carbonyl (C=O) groups excluding carboxylic acids is 1. The Kier molecular flexibility index (Phi) is 4.09. The lowest BCUT2D eigenvalue weighted by Crippen LogP contribution is -2.01. The summed E-state index contributed by atoms with van der Waals surface area (Å²) < 4.78 is 5.94. The highest BCUT2D eigenvalue weighted by atomic mass is 16.3. The molecule has 5 nitrogen and oxygen atoms in total. The standard InChI is InChI=1S/C19H20N2O3/c1-10(2)15-9-14-17(22)16(20-21-19(23)11(3)4)12-7-5-6-8-13(12)18(14)24-15/h5-11,22H,1-4H3. The van der Waals surface area contributed by atoms with Crippen molar-refractivity contribution in [3.05, 3.63) is 36.1 Å². The smallest absolute Gasteiger partial charge is 0.267 e. The number of fused-ring (bicyclic) bond motifs is 3. The lowest BCUT2D eigenvalue weighted by molar-refractivity contribution is -0.121. The average molecular weight is 324 g/mol. The van der Waals surface area contributed by atoms with Gasteiger partial charge in [-0.3, -0.25) is 4.79 Å². The number of carbonyl (C=O) groups is 1. The number of aromatic hydroxyl groups is 1. The van der Waals surface area contributed by atoms with E-state index in [0.717, 1.165) is 11.1 Å². The second-order valence-electron chi connectivity index (χ2n) is 6.48. The SMILES string of the molecule is CC(C)C(=O)N=Nc1c(O)c2cc(C(C)C)oc2c2ccccc12. The van der Waals surface area contributed by atoms with E-state index in [-0.39, 0.29) is 23.5 Å². The molecule has 0 saturated heterocycles. The molecule has 1 amide bonds. The fraction of sp³-hybridized carbons (Fsp3) is 0.316. The summed E-state index contributed by atoms with van der Waals surface area (Å²) in [5, 5.41) is 20.6. The number of azo groups is 1. The van der Waals surface area contributed by atoms with Gasteiger partial charge in [-0.1, -0.05) is 52.0 Å². The molecule has 0 aliphatic rings. The Morgan fingerprint density at radius 2 is 1.75 bits per heavy atom. The lowest BCUT2D eigenvalue weighted by atomic mass is 10.0. The van der Waals surface area contributed by atoms with Gasteiger partial charge < -0.3 is 9.52 Å². The Labute approximate surface area is 140 Å². The molecule has 1 aromatic heterocycles. The monoisotopic (exact) mass is 324 g/mol. The van der Waals surface area contributed by atoms with Crippen LogP contribution < -0.4 is 0 Å². The third-order valence-electron chi connectivity index (χ3n) is 3.97. The summed E-state index contributed by atoms with van der Waals surface area (Å²) in [6.45, 7) is 7.57. The van der Waals surface area contributed by atoms with Crippen molar-refractivity contribution < 1.29 is 14.3 Å². The fourth-order valence-electron chi connectivity index (χ4n) is 2.53. The van der Waals surface area contributed by atoms with Gasteiger partial charge in [-0.25, -0.2) is 0 Å². The minimum Gasteiger partial charge on any atom is -0.505 e. The van der Waals surface area contributed by atoms with Gasteiger partial charge in [-0.15, -0.1) is 10.2 Å². The Bertz CT molecular complexity index is 952. The zero-order valence-corrected chi connectivity index (χ0v) is 14.2. The first-order chi connectivity index (χ1) is 11.4. The van der Waals surface area contributed by atoms with Crippen LogP contribution in [0.4, 0.5) is 5.69 Å². The molecule has 0 unspecified atom stereocenters. The number of phenols is 1. The highest BCUT2D eigenvalue weighted by Crippen LogP contribution is 2.45. The predicted octanol–water partition coefficient (Wildman–Crippen LogP) is 5.68. The average Bonchev–Trinajstić information content (AvgIpc) is 3.00. The molecular formula is C19H20N2O3. The molecule has 1 heterocycles. The topological polar surface area (TPSA) is 75.2 Å². The first kappa shape index (κ1) is 16.2. The zero-order valence-electron chi connectivity index (χ0n) is 14.2. The van der Waals surface area contributed by atoms with Crippen molar-refractivity contribution in [3.63, 3.8) is 0 Å². The second-order valence-corrected chi connectivity index (χ2v) is 6.48. The zero-order chi connectivity index (χ0) is 17.4. The van der Waals surface area contributed by atoms with Crippen LogP contribution in [-0.2, 0) is 4.79 Å². The van der Waals surface area contributed by atoms with Gasteiger partial charge in [0.1, 0.15) is 17.0 Å². The Morgan fingerprint density at radius 1 is 1.08 bits per heavy atom. The third kappa shape index (κ3) is 2.66. The highest BCUT2D eigenvalue weighted by molar-refractivity contribution is 6.13. The van der Waals surface area contributed by atoms with Crippen molar-refractivity contribution >= 4 is 33.3 Å². The van der Waals surface area contributed by atoms with Gasteiger partial charge in [-0.05, 0) is 6.07 Å². The normalized spacial score (nSPS) is 12.2. The molecule has 24 heavy (non-hydrogen) atoms. The van der Waals surface area contributed by atoms with E-state index in [1.54, 1.807) is 13.8 Å². The van der Waals surface area contributed by atoms with Crippen LogP contribution >= 0.6 is 0 Å². The van der Waals surface area contributed by atoms with Crippen molar-refractivity contribution in [1.82, 2.24) is 0 Å². The molecule has 3 aromatic rings. The molecule has 0 fully saturated rings. The molecule has 0 saturated carbocycles. The van der Waals surface area contributed by atoms with E-state index in [2.05, 4.69) is 10.2 Å². The number of amides is 1.